The minimum Gasteiger partial charge on any atom is -0.308 e. The van der Waals surface area contributed by atoms with E-state index in [1.165, 1.54) is 38.5 Å². The van der Waals surface area contributed by atoms with Gasteiger partial charge in [0.1, 0.15) is 0 Å². The van der Waals surface area contributed by atoms with E-state index >= 15 is 0 Å². The predicted octanol–water partition coefficient (Wildman–Crippen LogP) is 3.67. The van der Waals surface area contributed by atoms with Crippen molar-refractivity contribution in [2.24, 2.45) is 0 Å². The highest BCUT2D eigenvalue weighted by Gasteiger charge is 1.88. The van der Waals surface area contributed by atoms with E-state index in [9.17, 15) is 0 Å². The van der Waals surface area contributed by atoms with Gasteiger partial charge in [0.05, 0.1) is 22.9 Å². The second-order valence-corrected chi connectivity index (χ2v) is 3.04. The molecule has 0 aliphatic heterocycles. The van der Waals surface area contributed by atoms with Crippen LogP contribution in [0.5, 0.6) is 0 Å². The molecule has 0 heterocycles. The molecule has 0 aliphatic carbocycles. The average molecular weight is 209 g/mol. The summed E-state index contributed by atoms with van der Waals surface area (Å²) in [5.41, 5.74) is 0. The summed E-state index contributed by atoms with van der Waals surface area (Å²) in [6.45, 7) is 3.09. The second kappa shape index (κ2) is 9.44. The van der Waals surface area contributed by atoms with Crippen LogP contribution in [0.3, 0.4) is 0 Å². The van der Waals surface area contributed by atoms with Crippen molar-refractivity contribution >= 4 is 16.3 Å². The van der Waals surface area contributed by atoms with Crippen molar-refractivity contribution in [2.45, 2.75) is 45.4 Å². The lowest BCUT2D eigenvalue weighted by Gasteiger charge is -1.97. The zero-order valence-electron chi connectivity index (χ0n) is 6.74. The Bertz CT molecular complexity index is 49.2. The van der Waals surface area contributed by atoms with E-state index in [-0.39, 0.29) is 0 Å². The van der Waals surface area contributed by atoms with Crippen LogP contribution in [-0.2, 0) is 3.83 Å². The van der Waals surface area contributed by atoms with Gasteiger partial charge in [0.15, 0.2) is 0 Å². The Morgan fingerprint density at radius 3 is 2.20 bits per heavy atom. The van der Waals surface area contributed by atoms with E-state index < -0.39 is 0 Å². The third-order valence-corrected chi connectivity index (χ3v) is 1.90. The van der Waals surface area contributed by atoms with Crippen molar-refractivity contribution < 1.29 is 3.83 Å². The van der Waals surface area contributed by atoms with Gasteiger partial charge in [-0.25, -0.2) is 0 Å². The molecule has 1 nitrogen and oxygen atoms in total. The lowest BCUT2D eigenvalue weighted by Crippen LogP contribution is -1.84. The molecular formula is C8H17BrO. The molecule has 2 heteroatoms. The maximum absolute atomic E-state index is 4.76. The zero-order chi connectivity index (χ0) is 7.66. The summed E-state index contributed by atoms with van der Waals surface area (Å²) in [6, 6.07) is 0. The van der Waals surface area contributed by atoms with Crippen molar-refractivity contribution in [3.8, 4) is 0 Å². The second-order valence-electron chi connectivity index (χ2n) is 2.58. The van der Waals surface area contributed by atoms with E-state index in [1.807, 2.05) is 0 Å². The summed E-state index contributed by atoms with van der Waals surface area (Å²) in [4.78, 5) is 0. The summed E-state index contributed by atoms with van der Waals surface area (Å²) in [5, 5.41) is 0. The molecule has 0 rings (SSSR count). The quantitative estimate of drug-likeness (QED) is 0.581. The maximum Gasteiger partial charge on any atom is 0.0987 e. The molecule has 0 radical (unpaired) electrons. The lowest BCUT2D eigenvalue weighted by molar-refractivity contribution is 0.374. The standard InChI is InChI=1S/C8H17BrO/c1-2-3-4-5-6-7-8-10-9/h2-8H2,1H3. The van der Waals surface area contributed by atoms with Crippen LogP contribution in [0.25, 0.3) is 0 Å². The van der Waals surface area contributed by atoms with E-state index in [4.69, 9.17) is 3.83 Å². The van der Waals surface area contributed by atoms with Crippen molar-refractivity contribution in [2.75, 3.05) is 6.61 Å². The molecule has 0 unspecified atom stereocenters. The highest BCUT2D eigenvalue weighted by Crippen LogP contribution is 2.05. The molecule has 0 fully saturated rings. The van der Waals surface area contributed by atoms with Gasteiger partial charge in [0.25, 0.3) is 0 Å². The monoisotopic (exact) mass is 208 g/mol. The van der Waals surface area contributed by atoms with E-state index in [2.05, 4.69) is 23.2 Å². The van der Waals surface area contributed by atoms with Crippen molar-refractivity contribution in [1.82, 2.24) is 0 Å². The first-order valence-electron chi connectivity index (χ1n) is 4.15. The molecule has 0 aromatic heterocycles. The van der Waals surface area contributed by atoms with Crippen LogP contribution >= 0.6 is 16.3 Å². The van der Waals surface area contributed by atoms with E-state index in [1.54, 1.807) is 0 Å². The normalized spacial score (nSPS) is 10.2. The van der Waals surface area contributed by atoms with Crippen LogP contribution in [0.15, 0.2) is 0 Å². The van der Waals surface area contributed by atoms with Gasteiger partial charge in [-0.1, -0.05) is 39.0 Å². The number of unbranched alkanes of at least 4 members (excludes halogenated alkanes) is 5. The first kappa shape index (κ1) is 10.4. The molecule has 0 aromatic carbocycles. The molecule has 0 atom stereocenters. The fourth-order valence-corrected chi connectivity index (χ4v) is 1.17. The first-order chi connectivity index (χ1) is 4.91. The highest BCUT2D eigenvalue weighted by molar-refractivity contribution is 9.06. The minimum absolute atomic E-state index is 0.853. The summed E-state index contributed by atoms with van der Waals surface area (Å²) < 4.78 is 4.76. The SMILES string of the molecule is CCCCCCCCOBr. The highest BCUT2D eigenvalue weighted by atomic mass is 79.9. The summed E-state index contributed by atoms with van der Waals surface area (Å²) in [7, 11) is 0. The third kappa shape index (κ3) is 8.44. The van der Waals surface area contributed by atoms with Crippen LogP contribution in [0.1, 0.15) is 45.4 Å². The average Bonchev–Trinajstić information content (AvgIpc) is 1.97. The van der Waals surface area contributed by atoms with Crippen LogP contribution in [0, 0.1) is 0 Å². The van der Waals surface area contributed by atoms with E-state index in [0.717, 1.165) is 6.61 Å². The molecule has 0 aromatic rings. The van der Waals surface area contributed by atoms with Gasteiger partial charge in [-0.05, 0) is 6.42 Å². The minimum atomic E-state index is 0.853. The van der Waals surface area contributed by atoms with Crippen LogP contribution < -0.4 is 0 Å². The smallest absolute Gasteiger partial charge is 0.0987 e. The van der Waals surface area contributed by atoms with Gasteiger partial charge in [-0.3, -0.25) is 0 Å². The van der Waals surface area contributed by atoms with Gasteiger partial charge >= 0.3 is 0 Å². The summed E-state index contributed by atoms with van der Waals surface area (Å²) >= 11 is 2.93. The van der Waals surface area contributed by atoms with Crippen LogP contribution in [0.4, 0.5) is 0 Å². The van der Waals surface area contributed by atoms with Gasteiger partial charge < -0.3 is 3.83 Å². The molecule has 0 saturated carbocycles. The fourth-order valence-electron chi connectivity index (χ4n) is 0.937. The molecule has 62 valence electrons. The van der Waals surface area contributed by atoms with Crippen molar-refractivity contribution in [3.05, 3.63) is 0 Å². The molecule has 0 spiro atoms. The third-order valence-electron chi connectivity index (χ3n) is 1.58. The molecule has 0 N–H and O–H groups in total. The van der Waals surface area contributed by atoms with E-state index in [0.29, 0.717) is 0 Å². The number of halogens is 1. The number of hydrogen-bond donors (Lipinski definition) is 0. The largest absolute Gasteiger partial charge is 0.308 e. The Balaban J connectivity index is 2.65. The van der Waals surface area contributed by atoms with Gasteiger partial charge in [0, 0.05) is 0 Å². The van der Waals surface area contributed by atoms with Gasteiger partial charge in [-0.2, -0.15) is 0 Å². The summed E-state index contributed by atoms with van der Waals surface area (Å²) in [5.74, 6) is 0. The molecule has 10 heavy (non-hydrogen) atoms. The first-order valence-corrected chi connectivity index (χ1v) is 4.80. The van der Waals surface area contributed by atoms with Gasteiger partial charge in [0.2, 0.25) is 0 Å². The Kier molecular flexibility index (Phi) is 9.86. The molecular weight excluding hydrogens is 192 g/mol. The number of hydrogen-bond acceptors (Lipinski definition) is 1. The fraction of sp³-hybridized carbons (Fsp3) is 1.00. The summed E-state index contributed by atoms with van der Waals surface area (Å²) in [6.07, 6.45) is 7.97. The molecule has 0 saturated heterocycles. The Morgan fingerprint density at radius 2 is 1.60 bits per heavy atom. The van der Waals surface area contributed by atoms with Gasteiger partial charge in [-0.15, -0.1) is 0 Å². The predicted molar refractivity (Wildman–Crippen MR) is 48.3 cm³/mol. The topological polar surface area (TPSA) is 9.23 Å². The lowest BCUT2D eigenvalue weighted by atomic mass is 10.1. The molecule has 0 bridgehead atoms. The van der Waals surface area contributed by atoms with Crippen molar-refractivity contribution in [3.63, 3.8) is 0 Å². The van der Waals surface area contributed by atoms with Crippen LogP contribution in [-0.4, -0.2) is 6.61 Å². The molecule has 0 aliphatic rings. The van der Waals surface area contributed by atoms with Crippen LogP contribution in [0.2, 0.25) is 0 Å². The Hall–Kier alpha value is 0.440. The number of rotatable bonds is 7. The Labute approximate surface area is 72.6 Å². The zero-order valence-corrected chi connectivity index (χ0v) is 8.32. The molecule has 0 amide bonds. The van der Waals surface area contributed by atoms with Crippen molar-refractivity contribution in [1.29, 1.82) is 0 Å². The Morgan fingerprint density at radius 1 is 1.00 bits per heavy atom. The maximum atomic E-state index is 4.76.